The molecule has 1 aromatic carbocycles. The molecule has 0 fully saturated rings. The topological polar surface area (TPSA) is 52.6 Å². The molecule has 0 aliphatic rings. The van der Waals surface area contributed by atoms with Gasteiger partial charge < -0.3 is 10.4 Å². The molecule has 4 nitrogen and oxygen atoms in total. The maximum Gasteiger partial charge on any atom is 0.241 e. The third-order valence-electron chi connectivity index (χ3n) is 3.11. The predicted molar refractivity (Wildman–Crippen MR) is 78.0 cm³/mol. The molecule has 0 radical (unpaired) electrons. The Morgan fingerprint density at radius 1 is 1.43 bits per heavy atom. The molecule has 1 aromatic rings. The lowest BCUT2D eigenvalue weighted by Crippen LogP contribution is -2.48. The molecule has 0 aliphatic heterocycles. The average molecular weight is 300 g/mol. The zero-order chi connectivity index (χ0) is 16.2. The number of amides is 1. The Labute approximate surface area is 123 Å². The number of carbonyl (C=O) groups is 1. The maximum absolute atomic E-state index is 13.5. The zero-order valence-corrected chi connectivity index (χ0v) is 12.8. The van der Waals surface area contributed by atoms with Gasteiger partial charge in [0.1, 0.15) is 11.6 Å². The molecule has 1 amide bonds. The summed E-state index contributed by atoms with van der Waals surface area (Å²) in [6, 6.07) is 2.31. The number of nitrogens with one attached hydrogen (secondary N) is 1. The molecule has 0 aliphatic carbocycles. The minimum absolute atomic E-state index is 0.189. The minimum atomic E-state index is -0.950. The molecule has 6 heteroatoms. The Morgan fingerprint density at radius 3 is 2.57 bits per heavy atom. The summed E-state index contributed by atoms with van der Waals surface area (Å²) < 4.78 is 26.6. The second kappa shape index (κ2) is 6.95. The molecule has 0 heterocycles. The van der Waals surface area contributed by atoms with E-state index in [0.717, 1.165) is 18.2 Å². The standard InChI is InChI=1S/C15H22F2N2O2/c1-5-19(9-15(3,4)21)10(2)14(20)18-13-8-11(16)6-7-12(13)17/h6-8,10,21H,5,9H2,1-4H3,(H,18,20). The van der Waals surface area contributed by atoms with E-state index in [1.54, 1.807) is 25.7 Å². The number of aliphatic hydroxyl groups is 1. The normalized spacial score (nSPS) is 13.3. The van der Waals surface area contributed by atoms with E-state index < -0.39 is 29.2 Å². The highest BCUT2D eigenvalue weighted by Gasteiger charge is 2.26. The fraction of sp³-hybridized carbons (Fsp3) is 0.533. The van der Waals surface area contributed by atoms with Gasteiger partial charge in [-0.15, -0.1) is 0 Å². The van der Waals surface area contributed by atoms with Crippen molar-refractivity contribution in [3.05, 3.63) is 29.8 Å². The third-order valence-corrected chi connectivity index (χ3v) is 3.11. The highest BCUT2D eigenvalue weighted by Crippen LogP contribution is 2.17. The van der Waals surface area contributed by atoms with Crippen LogP contribution in [0.5, 0.6) is 0 Å². The van der Waals surface area contributed by atoms with Gasteiger partial charge in [0.05, 0.1) is 17.3 Å². The van der Waals surface area contributed by atoms with Crippen LogP contribution in [0.4, 0.5) is 14.5 Å². The number of hydrogen-bond acceptors (Lipinski definition) is 3. The number of likely N-dealkylation sites (N-methyl/N-ethyl adjacent to an activating group) is 1. The van der Waals surface area contributed by atoms with E-state index in [9.17, 15) is 18.7 Å². The van der Waals surface area contributed by atoms with E-state index in [-0.39, 0.29) is 5.69 Å². The van der Waals surface area contributed by atoms with E-state index in [1.807, 2.05) is 6.92 Å². The van der Waals surface area contributed by atoms with Crippen LogP contribution < -0.4 is 5.32 Å². The summed E-state index contributed by atoms with van der Waals surface area (Å²) in [5, 5.41) is 12.2. The van der Waals surface area contributed by atoms with Crippen LogP contribution in [-0.4, -0.2) is 40.6 Å². The van der Waals surface area contributed by atoms with Crippen molar-refractivity contribution >= 4 is 11.6 Å². The van der Waals surface area contributed by atoms with Gasteiger partial charge in [-0.05, 0) is 39.4 Å². The van der Waals surface area contributed by atoms with E-state index in [0.29, 0.717) is 13.1 Å². The van der Waals surface area contributed by atoms with Gasteiger partial charge in [0, 0.05) is 12.6 Å². The lowest BCUT2D eigenvalue weighted by molar-refractivity contribution is -0.121. The quantitative estimate of drug-likeness (QED) is 0.848. The maximum atomic E-state index is 13.5. The van der Waals surface area contributed by atoms with Crippen molar-refractivity contribution in [2.24, 2.45) is 0 Å². The van der Waals surface area contributed by atoms with Crippen molar-refractivity contribution in [3.8, 4) is 0 Å². The van der Waals surface area contributed by atoms with Crippen molar-refractivity contribution in [2.45, 2.75) is 39.3 Å². The lowest BCUT2D eigenvalue weighted by Gasteiger charge is -2.32. The highest BCUT2D eigenvalue weighted by atomic mass is 19.1. The van der Waals surface area contributed by atoms with Crippen LogP contribution in [0.2, 0.25) is 0 Å². The number of halogens is 2. The number of carbonyl (C=O) groups excluding carboxylic acids is 1. The molecule has 0 saturated carbocycles. The fourth-order valence-corrected chi connectivity index (χ4v) is 2.02. The van der Waals surface area contributed by atoms with Crippen molar-refractivity contribution in [1.82, 2.24) is 4.90 Å². The molecule has 21 heavy (non-hydrogen) atoms. The Hall–Kier alpha value is -1.53. The Kier molecular flexibility index (Phi) is 5.80. The molecular weight excluding hydrogens is 278 g/mol. The summed E-state index contributed by atoms with van der Waals surface area (Å²) in [6.07, 6.45) is 0. The second-order valence-corrected chi connectivity index (χ2v) is 5.66. The van der Waals surface area contributed by atoms with Gasteiger partial charge in [0.15, 0.2) is 0 Å². The lowest BCUT2D eigenvalue weighted by atomic mass is 10.1. The van der Waals surface area contributed by atoms with Crippen molar-refractivity contribution in [2.75, 3.05) is 18.4 Å². The van der Waals surface area contributed by atoms with Gasteiger partial charge in [0.2, 0.25) is 5.91 Å². The molecule has 2 N–H and O–H groups in total. The first kappa shape index (κ1) is 17.5. The number of nitrogens with zero attached hydrogens (tertiary/aromatic N) is 1. The van der Waals surface area contributed by atoms with Crippen LogP contribution in [0.1, 0.15) is 27.7 Å². The number of rotatable bonds is 6. The van der Waals surface area contributed by atoms with Gasteiger partial charge in [0.25, 0.3) is 0 Å². The Morgan fingerprint density at radius 2 is 2.05 bits per heavy atom. The fourth-order valence-electron chi connectivity index (χ4n) is 2.02. The molecule has 0 spiro atoms. The molecule has 118 valence electrons. The van der Waals surface area contributed by atoms with Crippen LogP contribution in [0, 0.1) is 11.6 Å². The molecule has 1 unspecified atom stereocenters. The van der Waals surface area contributed by atoms with Crippen LogP contribution in [0.3, 0.4) is 0 Å². The first-order valence-corrected chi connectivity index (χ1v) is 6.86. The van der Waals surface area contributed by atoms with Crippen molar-refractivity contribution < 1.29 is 18.7 Å². The number of hydrogen-bond donors (Lipinski definition) is 2. The van der Waals surface area contributed by atoms with Gasteiger partial charge >= 0.3 is 0 Å². The SMILES string of the molecule is CCN(CC(C)(C)O)C(C)C(=O)Nc1cc(F)ccc1F. The molecule has 1 rings (SSSR count). The molecule has 0 aromatic heterocycles. The predicted octanol–water partition coefficient (Wildman–Crippen LogP) is 2.38. The van der Waals surface area contributed by atoms with E-state index in [1.165, 1.54) is 0 Å². The number of benzene rings is 1. The van der Waals surface area contributed by atoms with E-state index in [2.05, 4.69) is 5.32 Å². The van der Waals surface area contributed by atoms with Crippen LogP contribution >= 0.6 is 0 Å². The number of anilines is 1. The van der Waals surface area contributed by atoms with Crippen molar-refractivity contribution in [3.63, 3.8) is 0 Å². The Bertz CT molecular complexity index is 501. The molecule has 0 bridgehead atoms. The largest absolute Gasteiger partial charge is 0.389 e. The zero-order valence-electron chi connectivity index (χ0n) is 12.8. The molecular formula is C15H22F2N2O2. The van der Waals surface area contributed by atoms with E-state index in [4.69, 9.17) is 0 Å². The van der Waals surface area contributed by atoms with Gasteiger partial charge in [-0.3, -0.25) is 9.69 Å². The summed E-state index contributed by atoms with van der Waals surface area (Å²) in [4.78, 5) is 13.9. The monoisotopic (exact) mass is 300 g/mol. The average Bonchev–Trinajstić information content (AvgIpc) is 2.38. The van der Waals surface area contributed by atoms with Crippen molar-refractivity contribution in [1.29, 1.82) is 0 Å². The van der Waals surface area contributed by atoms with Crippen LogP contribution in [-0.2, 0) is 4.79 Å². The second-order valence-electron chi connectivity index (χ2n) is 5.66. The summed E-state index contributed by atoms with van der Waals surface area (Å²) in [7, 11) is 0. The molecule has 1 atom stereocenters. The first-order chi connectivity index (χ1) is 9.64. The third kappa shape index (κ3) is 5.40. The van der Waals surface area contributed by atoms with Gasteiger partial charge in [-0.2, -0.15) is 0 Å². The summed E-state index contributed by atoms with van der Waals surface area (Å²) in [6.45, 7) is 7.65. The minimum Gasteiger partial charge on any atom is -0.389 e. The van der Waals surface area contributed by atoms with Crippen LogP contribution in [0.15, 0.2) is 18.2 Å². The Balaban J connectivity index is 2.79. The van der Waals surface area contributed by atoms with E-state index >= 15 is 0 Å². The van der Waals surface area contributed by atoms with Gasteiger partial charge in [-0.1, -0.05) is 6.92 Å². The van der Waals surface area contributed by atoms with Crippen LogP contribution in [0.25, 0.3) is 0 Å². The molecule has 0 saturated heterocycles. The summed E-state index contributed by atoms with van der Waals surface area (Å²) in [5.41, 5.74) is -1.14. The summed E-state index contributed by atoms with van der Waals surface area (Å²) >= 11 is 0. The first-order valence-electron chi connectivity index (χ1n) is 6.86. The van der Waals surface area contributed by atoms with Gasteiger partial charge in [-0.25, -0.2) is 8.78 Å². The smallest absolute Gasteiger partial charge is 0.241 e. The summed E-state index contributed by atoms with van der Waals surface area (Å²) in [5.74, 6) is -1.77. The highest BCUT2D eigenvalue weighted by molar-refractivity contribution is 5.94.